The third-order valence-electron chi connectivity index (χ3n) is 4.31. The lowest BCUT2D eigenvalue weighted by molar-refractivity contribution is -0.384. The predicted octanol–water partition coefficient (Wildman–Crippen LogP) is 2.86. The number of halogens is 4. The molecule has 3 heterocycles. The summed E-state index contributed by atoms with van der Waals surface area (Å²) in [5, 5.41) is 11.3. The average molecular weight is 351 g/mol. The number of hydrogen-bond donors (Lipinski definition) is 0. The van der Waals surface area contributed by atoms with Crippen molar-refractivity contribution >= 4 is 23.1 Å². The Morgan fingerprint density at radius 1 is 1.30 bits per heavy atom. The first-order valence-corrected chi connectivity index (χ1v) is 7.51. The van der Waals surface area contributed by atoms with Crippen LogP contribution in [0.5, 0.6) is 0 Å². The third-order valence-corrected chi connectivity index (χ3v) is 4.52. The number of piperazine rings is 1. The van der Waals surface area contributed by atoms with Gasteiger partial charge in [0.25, 0.3) is 0 Å². The zero-order valence-corrected chi connectivity index (χ0v) is 12.7. The molecule has 3 rings (SSSR count). The normalized spacial score (nSPS) is 25.0. The van der Waals surface area contributed by atoms with Gasteiger partial charge in [-0.3, -0.25) is 15.0 Å². The van der Waals surface area contributed by atoms with Crippen molar-refractivity contribution in [2.45, 2.75) is 31.1 Å². The van der Waals surface area contributed by atoms with Gasteiger partial charge in [0.1, 0.15) is 5.15 Å². The van der Waals surface area contributed by atoms with Gasteiger partial charge in [-0.1, -0.05) is 11.6 Å². The van der Waals surface area contributed by atoms with E-state index in [-0.39, 0.29) is 41.8 Å². The molecule has 2 aliphatic rings. The fraction of sp³-hybridized carbons (Fsp3) is 0.615. The van der Waals surface area contributed by atoms with E-state index >= 15 is 0 Å². The molecular formula is C13H14ClF3N4O2. The highest BCUT2D eigenvalue weighted by Gasteiger charge is 2.46. The molecule has 0 aromatic carbocycles. The van der Waals surface area contributed by atoms with Crippen LogP contribution in [0.2, 0.25) is 5.15 Å². The Morgan fingerprint density at radius 2 is 1.91 bits per heavy atom. The molecule has 1 aromatic heterocycles. The molecule has 126 valence electrons. The van der Waals surface area contributed by atoms with E-state index in [1.165, 1.54) is 17.0 Å². The number of nitrogens with zero attached hydrogens (tertiary/aromatic N) is 4. The van der Waals surface area contributed by atoms with Crippen LogP contribution < -0.4 is 4.90 Å². The number of anilines is 1. The van der Waals surface area contributed by atoms with Gasteiger partial charge >= 0.3 is 11.9 Å². The second-order valence-electron chi connectivity index (χ2n) is 5.81. The summed E-state index contributed by atoms with van der Waals surface area (Å²) in [5.74, 6) is 0.131. The molecule has 2 fully saturated rings. The van der Waals surface area contributed by atoms with Gasteiger partial charge in [-0.2, -0.15) is 13.2 Å². The first kappa shape index (κ1) is 16.3. The van der Waals surface area contributed by atoms with Gasteiger partial charge in [-0.25, -0.2) is 4.98 Å². The van der Waals surface area contributed by atoms with Gasteiger partial charge in [0.15, 0.2) is 0 Å². The smallest absolute Gasteiger partial charge is 0.348 e. The summed E-state index contributed by atoms with van der Waals surface area (Å²) in [6, 6.07) is 2.04. The number of hydrogen-bond acceptors (Lipinski definition) is 5. The molecule has 0 aliphatic carbocycles. The Bertz CT molecular complexity index is 614. The average Bonchev–Trinajstić information content (AvgIpc) is 2.68. The summed E-state index contributed by atoms with van der Waals surface area (Å²) in [6.45, 7) is -0.386. The molecule has 2 saturated heterocycles. The Balaban J connectivity index is 1.84. The van der Waals surface area contributed by atoms with Crippen molar-refractivity contribution in [1.82, 2.24) is 9.88 Å². The van der Waals surface area contributed by atoms with E-state index in [4.69, 9.17) is 11.6 Å². The number of rotatable bonds is 3. The van der Waals surface area contributed by atoms with Gasteiger partial charge in [-0.15, -0.1) is 0 Å². The lowest BCUT2D eigenvalue weighted by Gasteiger charge is -2.41. The number of fused-ring (bicyclic) bond motifs is 2. The highest BCUT2D eigenvalue weighted by Crippen LogP contribution is 2.37. The Hall–Kier alpha value is -1.61. The lowest BCUT2D eigenvalue weighted by atomic mass is 10.1. The highest BCUT2D eigenvalue weighted by molar-refractivity contribution is 6.29. The standard InChI is InChI=1S/C13H14ClF3N4O2/c14-11-4-3-10(21(22)23)12(18-11)19-5-8-1-2-9(6-19)20(8)7-13(15,16)17/h3-4,8-9H,1-2,5-7H2. The summed E-state index contributed by atoms with van der Waals surface area (Å²) >= 11 is 5.83. The van der Waals surface area contributed by atoms with Crippen molar-refractivity contribution in [3.8, 4) is 0 Å². The number of aromatic nitrogens is 1. The summed E-state index contributed by atoms with van der Waals surface area (Å²) in [5.41, 5.74) is -0.182. The molecule has 0 radical (unpaired) electrons. The van der Waals surface area contributed by atoms with Crippen LogP contribution in [-0.2, 0) is 0 Å². The maximum absolute atomic E-state index is 12.7. The maximum atomic E-state index is 12.7. The molecule has 1 aromatic rings. The third kappa shape index (κ3) is 3.35. The van der Waals surface area contributed by atoms with E-state index in [9.17, 15) is 23.3 Å². The minimum absolute atomic E-state index is 0.121. The minimum Gasteiger partial charge on any atom is -0.348 e. The van der Waals surface area contributed by atoms with E-state index in [1.54, 1.807) is 4.90 Å². The minimum atomic E-state index is -4.25. The summed E-state index contributed by atoms with van der Waals surface area (Å²) in [6.07, 6.45) is -2.96. The maximum Gasteiger partial charge on any atom is 0.401 e. The van der Waals surface area contributed by atoms with Crippen molar-refractivity contribution in [2.75, 3.05) is 24.5 Å². The Morgan fingerprint density at radius 3 is 2.43 bits per heavy atom. The van der Waals surface area contributed by atoms with Crippen LogP contribution in [0, 0.1) is 10.1 Å². The van der Waals surface area contributed by atoms with Gasteiger partial charge in [0, 0.05) is 31.2 Å². The Kier molecular flexibility index (Phi) is 4.09. The molecule has 2 bridgehead atoms. The molecular weight excluding hydrogens is 337 g/mol. The summed E-state index contributed by atoms with van der Waals surface area (Å²) < 4.78 is 38.0. The second-order valence-corrected chi connectivity index (χ2v) is 6.20. The van der Waals surface area contributed by atoms with Gasteiger partial charge < -0.3 is 4.90 Å². The molecule has 6 nitrogen and oxygen atoms in total. The quantitative estimate of drug-likeness (QED) is 0.476. The van der Waals surface area contributed by atoms with Crippen molar-refractivity contribution in [3.05, 3.63) is 27.4 Å². The highest BCUT2D eigenvalue weighted by atomic mass is 35.5. The van der Waals surface area contributed by atoms with Crippen LogP contribution in [0.3, 0.4) is 0 Å². The second kappa shape index (κ2) is 5.79. The van der Waals surface area contributed by atoms with Gasteiger partial charge in [-0.05, 0) is 18.9 Å². The van der Waals surface area contributed by atoms with Crippen LogP contribution in [0.4, 0.5) is 24.7 Å². The zero-order valence-electron chi connectivity index (χ0n) is 12.0. The fourth-order valence-corrected chi connectivity index (χ4v) is 3.56. The van der Waals surface area contributed by atoms with E-state index in [0.29, 0.717) is 12.8 Å². The molecule has 2 aliphatic heterocycles. The zero-order chi connectivity index (χ0) is 16.8. The van der Waals surface area contributed by atoms with Crippen molar-refractivity contribution < 1.29 is 18.1 Å². The van der Waals surface area contributed by atoms with Crippen molar-refractivity contribution in [1.29, 1.82) is 0 Å². The summed E-state index contributed by atoms with van der Waals surface area (Å²) in [7, 11) is 0. The fourth-order valence-electron chi connectivity index (χ4n) is 3.42. The van der Waals surface area contributed by atoms with Crippen LogP contribution in [0.25, 0.3) is 0 Å². The largest absolute Gasteiger partial charge is 0.401 e. The molecule has 2 unspecified atom stereocenters. The first-order chi connectivity index (χ1) is 10.7. The molecule has 0 spiro atoms. The molecule has 2 atom stereocenters. The van der Waals surface area contributed by atoms with Gasteiger partial charge in [0.05, 0.1) is 11.5 Å². The molecule has 0 saturated carbocycles. The predicted molar refractivity (Wildman–Crippen MR) is 77.7 cm³/mol. The van der Waals surface area contributed by atoms with Crippen LogP contribution in [0.15, 0.2) is 12.1 Å². The van der Waals surface area contributed by atoms with Crippen molar-refractivity contribution in [3.63, 3.8) is 0 Å². The topological polar surface area (TPSA) is 62.5 Å². The lowest BCUT2D eigenvalue weighted by Crippen LogP contribution is -2.56. The van der Waals surface area contributed by atoms with E-state index in [0.717, 1.165) is 0 Å². The molecule has 23 heavy (non-hydrogen) atoms. The van der Waals surface area contributed by atoms with Gasteiger partial charge in [0.2, 0.25) is 5.82 Å². The molecule has 0 amide bonds. The van der Waals surface area contributed by atoms with Crippen LogP contribution in [-0.4, -0.2) is 52.7 Å². The molecule has 10 heteroatoms. The molecule has 0 N–H and O–H groups in total. The number of alkyl halides is 3. The van der Waals surface area contributed by atoms with Crippen molar-refractivity contribution in [2.24, 2.45) is 0 Å². The monoisotopic (exact) mass is 350 g/mol. The summed E-state index contributed by atoms with van der Waals surface area (Å²) in [4.78, 5) is 17.7. The van der Waals surface area contributed by atoms with E-state index in [2.05, 4.69) is 4.98 Å². The van der Waals surface area contributed by atoms with Crippen LogP contribution >= 0.6 is 11.6 Å². The SMILES string of the molecule is O=[N+]([O-])c1ccc(Cl)nc1N1CC2CCC(C1)N2CC(F)(F)F. The number of nitro groups is 1. The Labute approximate surface area is 135 Å². The van der Waals surface area contributed by atoms with E-state index in [1.807, 2.05) is 0 Å². The number of pyridine rings is 1. The van der Waals surface area contributed by atoms with Crippen LogP contribution in [0.1, 0.15) is 12.8 Å². The van der Waals surface area contributed by atoms with E-state index < -0.39 is 17.6 Å². The first-order valence-electron chi connectivity index (χ1n) is 7.13.